The molecule has 0 saturated carbocycles. The van der Waals surface area contributed by atoms with Crippen molar-refractivity contribution in [2.75, 3.05) is 6.54 Å². The highest BCUT2D eigenvalue weighted by atomic mass is 15.0. The summed E-state index contributed by atoms with van der Waals surface area (Å²) in [6.45, 7) is 12.2. The number of nitrogens with zero attached hydrogens (tertiary/aromatic N) is 2. The van der Waals surface area contributed by atoms with Crippen molar-refractivity contribution in [3.05, 3.63) is 46.4 Å². The maximum Gasteiger partial charge on any atom is 0.143 e. The number of aromatic nitrogens is 2. The summed E-state index contributed by atoms with van der Waals surface area (Å²) < 4.78 is 0. The van der Waals surface area contributed by atoms with Crippen molar-refractivity contribution in [2.45, 2.75) is 41.2 Å². The molecule has 1 N–H and O–H groups in total. The zero-order valence-electron chi connectivity index (χ0n) is 13.0. The molecule has 1 aromatic carbocycles. The van der Waals surface area contributed by atoms with Gasteiger partial charge in [-0.3, -0.25) is 0 Å². The Hall–Kier alpha value is -1.74. The number of hydrogen-bond donors (Lipinski definition) is 1. The molecule has 0 amide bonds. The van der Waals surface area contributed by atoms with Gasteiger partial charge < -0.3 is 5.32 Å². The quantitative estimate of drug-likeness (QED) is 0.923. The lowest BCUT2D eigenvalue weighted by atomic mass is 9.96. The van der Waals surface area contributed by atoms with Crippen molar-refractivity contribution in [1.29, 1.82) is 0 Å². The van der Waals surface area contributed by atoms with E-state index in [1.165, 1.54) is 22.3 Å². The third-order valence-corrected chi connectivity index (χ3v) is 3.77. The Labute approximate surface area is 121 Å². The standard InChI is InChI=1S/C17H23N3/c1-6-18-10-17-19-12(3)9-16(20-17)15-8-7-11(2)13(4)14(15)5/h7-9,18H,6,10H2,1-5H3. The maximum atomic E-state index is 4.70. The zero-order chi connectivity index (χ0) is 14.7. The van der Waals surface area contributed by atoms with Gasteiger partial charge in [-0.1, -0.05) is 19.1 Å². The van der Waals surface area contributed by atoms with Crippen molar-refractivity contribution in [2.24, 2.45) is 0 Å². The predicted molar refractivity (Wildman–Crippen MR) is 83.8 cm³/mol. The lowest BCUT2D eigenvalue weighted by molar-refractivity contribution is 0.688. The van der Waals surface area contributed by atoms with E-state index in [0.717, 1.165) is 30.3 Å². The highest BCUT2D eigenvalue weighted by molar-refractivity contribution is 5.66. The van der Waals surface area contributed by atoms with Crippen LogP contribution in [0.15, 0.2) is 18.2 Å². The molecule has 106 valence electrons. The Kier molecular flexibility index (Phi) is 4.50. The van der Waals surface area contributed by atoms with Crippen LogP contribution in [-0.4, -0.2) is 16.5 Å². The number of benzene rings is 1. The summed E-state index contributed by atoms with van der Waals surface area (Å²) in [5.74, 6) is 0.861. The van der Waals surface area contributed by atoms with Gasteiger partial charge in [-0.05, 0) is 57.0 Å². The van der Waals surface area contributed by atoms with Gasteiger partial charge in [0, 0.05) is 11.3 Å². The predicted octanol–water partition coefficient (Wildman–Crippen LogP) is 3.49. The van der Waals surface area contributed by atoms with Crippen LogP contribution in [-0.2, 0) is 6.54 Å². The fraction of sp³-hybridized carbons (Fsp3) is 0.412. The van der Waals surface area contributed by atoms with E-state index < -0.39 is 0 Å². The second kappa shape index (κ2) is 6.14. The van der Waals surface area contributed by atoms with Crippen LogP contribution >= 0.6 is 0 Å². The Balaban J connectivity index is 2.47. The van der Waals surface area contributed by atoms with Gasteiger partial charge in [0.25, 0.3) is 0 Å². The number of nitrogens with one attached hydrogen (secondary N) is 1. The number of rotatable bonds is 4. The number of aryl methyl sites for hydroxylation is 2. The summed E-state index contributed by atoms with van der Waals surface area (Å²) in [6, 6.07) is 6.39. The van der Waals surface area contributed by atoms with E-state index in [1.54, 1.807) is 0 Å². The van der Waals surface area contributed by atoms with Crippen molar-refractivity contribution in [1.82, 2.24) is 15.3 Å². The van der Waals surface area contributed by atoms with Crippen molar-refractivity contribution < 1.29 is 0 Å². The van der Waals surface area contributed by atoms with Gasteiger partial charge in [0.05, 0.1) is 12.2 Å². The third kappa shape index (κ3) is 3.05. The molecule has 0 radical (unpaired) electrons. The van der Waals surface area contributed by atoms with E-state index in [-0.39, 0.29) is 0 Å². The lowest BCUT2D eigenvalue weighted by Gasteiger charge is -2.12. The van der Waals surface area contributed by atoms with Crippen LogP contribution in [0.2, 0.25) is 0 Å². The molecule has 0 fully saturated rings. The van der Waals surface area contributed by atoms with E-state index >= 15 is 0 Å². The minimum absolute atomic E-state index is 0.717. The summed E-state index contributed by atoms with van der Waals surface area (Å²) in [5.41, 5.74) is 7.21. The second-order valence-electron chi connectivity index (χ2n) is 5.27. The molecule has 0 atom stereocenters. The molecular formula is C17H23N3. The molecule has 3 heteroatoms. The Morgan fingerprint density at radius 1 is 1.00 bits per heavy atom. The molecule has 2 aromatic rings. The summed E-state index contributed by atoms with van der Waals surface area (Å²) in [6.07, 6.45) is 0. The lowest BCUT2D eigenvalue weighted by Crippen LogP contribution is -2.15. The zero-order valence-corrected chi connectivity index (χ0v) is 13.0. The summed E-state index contributed by atoms with van der Waals surface area (Å²) >= 11 is 0. The van der Waals surface area contributed by atoms with Crippen LogP contribution in [0, 0.1) is 27.7 Å². The van der Waals surface area contributed by atoms with Crippen LogP contribution in [0.25, 0.3) is 11.3 Å². The average Bonchev–Trinajstić information content (AvgIpc) is 2.42. The Morgan fingerprint density at radius 2 is 1.75 bits per heavy atom. The van der Waals surface area contributed by atoms with Gasteiger partial charge in [0.2, 0.25) is 0 Å². The summed E-state index contributed by atoms with van der Waals surface area (Å²) in [7, 11) is 0. The highest BCUT2D eigenvalue weighted by Gasteiger charge is 2.09. The van der Waals surface area contributed by atoms with Crippen molar-refractivity contribution in [3.8, 4) is 11.3 Å². The molecule has 0 bridgehead atoms. The first-order chi connectivity index (χ1) is 9.52. The molecule has 2 rings (SSSR count). The van der Waals surface area contributed by atoms with Gasteiger partial charge >= 0.3 is 0 Å². The molecule has 0 spiro atoms. The molecular weight excluding hydrogens is 246 g/mol. The second-order valence-corrected chi connectivity index (χ2v) is 5.27. The van der Waals surface area contributed by atoms with E-state index in [4.69, 9.17) is 4.98 Å². The van der Waals surface area contributed by atoms with E-state index in [2.05, 4.69) is 56.2 Å². The summed E-state index contributed by atoms with van der Waals surface area (Å²) in [5, 5.41) is 3.28. The van der Waals surface area contributed by atoms with Gasteiger partial charge in [0.1, 0.15) is 5.82 Å². The fourth-order valence-corrected chi connectivity index (χ4v) is 2.32. The van der Waals surface area contributed by atoms with Crippen LogP contribution in [0.4, 0.5) is 0 Å². The SMILES string of the molecule is CCNCc1nc(C)cc(-c2ccc(C)c(C)c2C)n1. The fourth-order valence-electron chi connectivity index (χ4n) is 2.32. The molecule has 0 saturated heterocycles. The topological polar surface area (TPSA) is 37.8 Å². The average molecular weight is 269 g/mol. The minimum atomic E-state index is 0.717. The highest BCUT2D eigenvalue weighted by Crippen LogP contribution is 2.26. The van der Waals surface area contributed by atoms with E-state index in [0.29, 0.717) is 0 Å². The van der Waals surface area contributed by atoms with Crippen molar-refractivity contribution >= 4 is 0 Å². The normalized spacial score (nSPS) is 10.8. The first-order valence-electron chi connectivity index (χ1n) is 7.15. The Bertz CT molecular complexity index is 618. The molecule has 0 aliphatic carbocycles. The van der Waals surface area contributed by atoms with Crippen LogP contribution in [0.3, 0.4) is 0 Å². The van der Waals surface area contributed by atoms with Crippen LogP contribution < -0.4 is 5.32 Å². The van der Waals surface area contributed by atoms with E-state index in [1.807, 2.05) is 6.92 Å². The van der Waals surface area contributed by atoms with E-state index in [9.17, 15) is 0 Å². The van der Waals surface area contributed by atoms with Crippen molar-refractivity contribution in [3.63, 3.8) is 0 Å². The van der Waals surface area contributed by atoms with Gasteiger partial charge in [0.15, 0.2) is 0 Å². The van der Waals surface area contributed by atoms with Gasteiger partial charge in [-0.25, -0.2) is 9.97 Å². The molecule has 0 aliphatic rings. The smallest absolute Gasteiger partial charge is 0.143 e. The monoisotopic (exact) mass is 269 g/mol. The van der Waals surface area contributed by atoms with Gasteiger partial charge in [-0.2, -0.15) is 0 Å². The molecule has 20 heavy (non-hydrogen) atoms. The molecule has 1 heterocycles. The maximum absolute atomic E-state index is 4.70. The largest absolute Gasteiger partial charge is 0.310 e. The van der Waals surface area contributed by atoms with Crippen LogP contribution in [0.5, 0.6) is 0 Å². The summed E-state index contributed by atoms with van der Waals surface area (Å²) in [4.78, 5) is 9.19. The molecule has 0 aliphatic heterocycles. The molecule has 1 aromatic heterocycles. The Morgan fingerprint density at radius 3 is 2.45 bits per heavy atom. The van der Waals surface area contributed by atoms with Crippen LogP contribution in [0.1, 0.15) is 35.1 Å². The van der Waals surface area contributed by atoms with Gasteiger partial charge in [-0.15, -0.1) is 0 Å². The minimum Gasteiger partial charge on any atom is -0.310 e. The molecule has 3 nitrogen and oxygen atoms in total. The number of hydrogen-bond acceptors (Lipinski definition) is 3. The first-order valence-corrected chi connectivity index (χ1v) is 7.15. The molecule has 0 unspecified atom stereocenters. The third-order valence-electron chi connectivity index (χ3n) is 3.77. The first kappa shape index (κ1) is 14.7.